The second-order valence-corrected chi connectivity index (χ2v) is 10.7. The van der Waals surface area contributed by atoms with Gasteiger partial charge in [-0.2, -0.15) is 0 Å². The predicted molar refractivity (Wildman–Crippen MR) is 114 cm³/mol. The van der Waals surface area contributed by atoms with E-state index < -0.39 is 38.2 Å². The first-order valence-electron chi connectivity index (χ1n) is 10.4. The molecular weight excluding hydrogens is 444 g/mol. The minimum Gasteiger partial charge on any atom is -0.444 e. The number of nitrogens with one attached hydrogen (secondary N) is 1. The lowest BCUT2D eigenvalue weighted by Crippen LogP contribution is -2.45. The molecule has 32 heavy (non-hydrogen) atoms. The number of hydrogen-bond donors (Lipinski definition) is 1. The molecular formula is C21H31F2N3O5S. The molecule has 1 atom stereocenters. The highest BCUT2D eigenvalue weighted by atomic mass is 32.2. The van der Waals surface area contributed by atoms with Gasteiger partial charge in [-0.3, -0.25) is 4.79 Å². The third-order valence-corrected chi connectivity index (χ3v) is 6.40. The SMILES string of the molecule is CN(CC1CCCN(C(=O)CCNS(=O)(=O)c2ccc(F)c(F)c2)C1)C(=O)OC(C)(C)C. The molecule has 0 aliphatic carbocycles. The van der Waals surface area contributed by atoms with Crippen LogP contribution in [-0.2, 0) is 19.6 Å². The van der Waals surface area contributed by atoms with Gasteiger partial charge in [-0.1, -0.05) is 0 Å². The van der Waals surface area contributed by atoms with Crippen LogP contribution in [0.25, 0.3) is 0 Å². The van der Waals surface area contributed by atoms with Crippen LogP contribution in [0, 0.1) is 17.6 Å². The highest BCUT2D eigenvalue weighted by molar-refractivity contribution is 7.89. The Labute approximate surface area is 187 Å². The van der Waals surface area contributed by atoms with Crippen molar-refractivity contribution in [3.05, 3.63) is 29.8 Å². The summed E-state index contributed by atoms with van der Waals surface area (Å²) in [5.41, 5.74) is -0.590. The van der Waals surface area contributed by atoms with Crippen LogP contribution in [-0.4, -0.2) is 69.0 Å². The third-order valence-electron chi connectivity index (χ3n) is 4.94. The molecule has 1 heterocycles. The Morgan fingerprint density at radius 1 is 1.25 bits per heavy atom. The largest absolute Gasteiger partial charge is 0.444 e. The van der Waals surface area contributed by atoms with Crippen LogP contribution in [0.4, 0.5) is 13.6 Å². The number of sulfonamides is 1. The van der Waals surface area contributed by atoms with Crippen molar-refractivity contribution >= 4 is 22.0 Å². The molecule has 180 valence electrons. The second kappa shape index (κ2) is 10.6. The number of benzene rings is 1. The van der Waals surface area contributed by atoms with E-state index in [1.165, 1.54) is 4.90 Å². The van der Waals surface area contributed by atoms with Crippen LogP contribution in [0.3, 0.4) is 0 Å². The van der Waals surface area contributed by atoms with Gasteiger partial charge in [0.2, 0.25) is 15.9 Å². The molecule has 1 aromatic rings. The Balaban J connectivity index is 1.84. The molecule has 0 spiro atoms. The van der Waals surface area contributed by atoms with Crippen molar-refractivity contribution in [1.29, 1.82) is 0 Å². The molecule has 1 N–H and O–H groups in total. The highest BCUT2D eigenvalue weighted by Gasteiger charge is 2.27. The van der Waals surface area contributed by atoms with Gasteiger partial charge in [0, 0.05) is 39.6 Å². The highest BCUT2D eigenvalue weighted by Crippen LogP contribution is 2.19. The number of likely N-dealkylation sites (tertiary alicyclic amines) is 1. The Kier molecular flexibility index (Phi) is 8.58. The molecule has 0 saturated carbocycles. The zero-order valence-corrected chi connectivity index (χ0v) is 19.7. The fourth-order valence-electron chi connectivity index (χ4n) is 3.42. The van der Waals surface area contributed by atoms with Crippen molar-refractivity contribution in [1.82, 2.24) is 14.5 Å². The summed E-state index contributed by atoms with van der Waals surface area (Å²) in [6.45, 7) is 6.67. The summed E-state index contributed by atoms with van der Waals surface area (Å²) in [6.07, 6.45) is 1.14. The zero-order chi connectivity index (χ0) is 24.1. The van der Waals surface area contributed by atoms with Crippen molar-refractivity contribution in [2.24, 2.45) is 5.92 Å². The van der Waals surface area contributed by atoms with E-state index in [1.54, 1.807) is 32.7 Å². The first kappa shape index (κ1) is 26.0. The predicted octanol–water partition coefficient (Wildman–Crippen LogP) is 2.74. The van der Waals surface area contributed by atoms with E-state index in [4.69, 9.17) is 4.74 Å². The number of piperidine rings is 1. The van der Waals surface area contributed by atoms with E-state index in [2.05, 4.69) is 4.72 Å². The summed E-state index contributed by atoms with van der Waals surface area (Å²) in [6, 6.07) is 2.28. The average Bonchev–Trinajstić information content (AvgIpc) is 2.68. The Bertz CT molecular complexity index is 934. The van der Waals surface area contributed by atoms with Crippen LogP contribution in [0.1, 0.15) is 40.0 Å². The van der Waals surface area contributed by atoms with Crippen LogP contribution in [0.2, 0.25) is 0 Å². The monoisotopic (exact) mass is 475 g/mol. The summed E-state index contributed by atoms with van der Waals surface area (Å²) in [4.78, 5) is 27.4. The van der Waals surface area contributed by atoms with E-state index in [-0.39, 0.29) is 24.8 Å². The maximum Gasteiger partial charge on any atom is 0.410 e. The first-order valence-corrected chi connectivity index (χ1v) is 11.9. The van der Waals surface area contributed by atoms with Crippen LogP contribution < -0.4 is 4.72 Å². The zero-order valence-electron chi connectivity index (χ0n) is 18.9. The van der Waals surface area contributed by atoms with Crippen LogP contribution >= 0.6 is 0 Å². The summed E-state index contributed by atoms with van der Waals surface area (Å²) < 4.78 is 58.3. The molecule has 1 aliphatic rings. The summed E-state index contributed by atoms with van der Waals surface area (Å²) >= 11 is 0. The summed E-state index contributed by atoms with van der Waals surface area (Å²) in [5, 5.41) is 0. The average molecular weight is 476 g/mol. The first-order chi connectivity index (χ1) is 14.8. The molecule has 1 aromatic carbocycles. The van der Waals surface area contributed by atoms with E-state index in [0.29, 0.717) is 25.7 Å². The Morgan fingerprint density at radius 3 is 2.56 bits per heavy atom. The van der Waals surface area contributed by atoms with Crippen molar-refractivity contribution in [2.45, 2.75) is 50.5 Å². The van der Waals surface area contributed by atoms with Crippen molar-refractivity contribution in [3.63, 3.8) is 0 Å². The van der Waals surface area contributed by atoms with Gasteiger partial charge in [-0.15, -0.1) is 0 Å². The van der Waals surface area contributed by atoms with Gasteiger partial charge in [-0.05, 0) is 57.7 Å². The molecule has 1 fully saturated rings. The lowest BCUT2D eigenvalue weighted by Gasteiger charge is -2.35. The maximum atomic E-state index is 13.3. The number of nitrogens with zero attached hydrogens (tertiary/aromatic N) is 2. The van der Waals surface area contributed by atoms with E-state index in [9.17, 15) is 26.8 Å². The summed E-state index contributed by atoms with van der Waals surface area (Å²) in [5.74, 6) is -2.54. The van der Waals surface area contributed by atoms with Gasteiger partial charge in [0.1, 0.15) is 5.60 Å². The minimum atomic E-state index is -4.06. The standard InChI is InChI=1S/C21H31F2N3O5S/c1-21(2,3)31-20(28)25(4)13-15-6-5-11-26(14-15)19(27)9-10-24-32(29,30)16-7-8-17(22)18(23)12-16/h7-8,12,15,24H,5-6,9-11,13-14H2,1-4H3. The van der Waals surface area contributed by atoms with Crippen molar-refractivity contribution in [3.8, 4) is 0 Å². The lowest BCUT2D eigenvalue weighted by atomic mass is 9.97. The van der Waals surface area contributed by atoms with Crippen molar-refractivity contribution < 1.29 is 31.5 Å². The molecule has 0 aromatic heterocycles. The molecule has 8 nitrogen and oxygen atoms in total. The van der Waals surface area contributed by atoms with Gasteiger partial charge in [-0.25, -0.2) is 26.7 Å². The number of hydrogen-bond acceptors (Lipinski definition) is 5. The number of rotatable bonds is 7. The smallest absolute Gasteiger partial charge is 0.410 e. The number of halogens is 2. The quantitative estimate of drug-likeness (QED) is 0.654. The van der Waals surface area contributed by atoms with Crippen LogP contribution in [0.15, 0.2) is 23.1 Å². The Hall–Kier alpha value is -2.27. The molecule has 2 rings (SSSR count). The van der Waals surface area contributed by atoms with Crippen LogP contribution in [0.5, 0.6) is 0 Å². The van der Waals surface area contributed by atoms with E-state index in [0.717, 1.165) is 25.0 Å². The fourth-order valence-corrected chi connectivity index (χ4v) is 4.46. The molecule has 1 saturated heterocycles. The fraction of sp³-hybridized carbons (Fsp3) is 0.619. The normalized spacial score (nSPS) is 17.2. The molecule has 0 radical (unpaired) electrons. The third kappa shape index (κ3) is 7.70. The maximum absolute atomic E-state index is 13.3. The van der Waals surface area contributed by atoms with Gasteiger partial charge >= 0.3 is 6.09 Å². The topological polar surface area (TPSA) is 96.0 Å². The van der Waals surface area contributed by atoms with Gasteiger partial charge in [0.05, 0.1) is 4.90 Å². The minimum absolute atomic E-state index is 0.0719. The second-order valence-electron chi connectivity index (χ2n) is 8.93. The lowest BCUT2D eigenvalue weighted by molar-refractivity contribution is -0.132. The van der Waals surface area contributed by atoms with Gasteiger partial charge < -0.3 is 14.5 Å². The van der Waals surface area contributed by atoms with Gasteiger partial charge in [0.25, 0.3) is 0 Å². The molecule has 0 bridgehead atoms. The molecule has 2 amide bonds. The number of carbonyl (C=O) groups excluding carboxylic acids is 2. The van der Waals surface area contributed by atoms with E-state index in [1.807, 2.05) is 0 Å². The number of carbonyl (C=O) groups is 2. The molecule has 11 heteroatoms. The molecule has 1 unspecified atom stereocenters. The van der Waals surface area contributed by atoms with E-state index >= 15 is 0 Å². The number of ether oxygens (including phenoxy) is 1. The molecule has 1 aliphatic heterocycles. The summed E-state index contributed by atoms with van der Waals surface area (Å²) in [7, 11) is -2.41. The van der Waals surface area contributed by atoms with Crippen molar-refractivity contribution in [2.75, 3.05) is 33.2 Å². The Morgan fingerprint density at radius 2 is 1.94 bits per heavy atom. The number of amides is 2. The van der Waals surface area contributed by atoms with Gasteiger partial charge in [0.15, 0.2) is 11.6 Å².